The first-order chi connectivity index (χ1) is 16.2. The maximum atomic E-state index is 13.1. The number of aromatic nitrogens is 1. The molecule has 0 bridgehead atoms. The third-order valence-electron chi connectivity index (χ3n) is 5.97. The number of methoxy groups -OCH3 is 1. The Kier molecular flexibility index (Phi) is 7.06. The van der Waals surface area contributed by atoms with Crippen LogP contribution >= 0.6 is 11.3 Å². The second kappa shape index (κ2) is 9.85. The zero-order valence-corrected chi connectivity index (χ0v) is 21.2. The van der Waals surface area contributed by atoms with Crippen LogP contribution in [-0.2, 0) is 16.6 Å². The van der Waals surface area contributed by atoms with Gasteiger partial charge in [0.25, 0.3) is 5.91 Å². The molecule has 1 fully saturated rings. The van der Waals surface area contributed by atoms with Gasteiger partial charge in [0.2, 0.25) is 10.0 Å². The topological polar surface area (TPSA) is 81.0 Å². The third kappa shape index (κ3) is 4.87. The molecule has 1 aliphatic rings. The van der Waals surface area contributed by atoms with Crippen LogP contribution in [-0.4, -0.2) is 43.4 Å². The molecule has 0 saturated carbocycles. The standard InChI is InChI=1S/C25H29N3O4S2/c1-5-12-28-22-11-8-20(32-4)14-23(22)33-25(28)26-24(29)19-6-9-21(10-7-19)34(30,31)27-15-17(2)13-18(3)16-27/h5-11,14,17-18H,1,12-13,15-16H2,2-4H3. The van der Waals surface area contributed by atoms with Gasteiger partial charge in [-0.25, -0.2) is 8.42 Å². The molecular weight excluding hydrogens is 470 g/mol. The van der Waals surface area contributed by atoms with Gasteiger partial charge in [0.15, 0.2) is 4.80 Å². The number of sulfonamides is 1. The number of allylic oxidation sites excluding steroid dienone is 1. The lowest BCUT2D eigenvalue weighted by molar-refractivity contribution is 0.0997. The molecule has 2 unspecified atom stereocenters. The molecule has 1 aromatic heterocycles. The van der Waals surface area contributed by atoms with Gasteiger partial charge in [0.1, 0.15) is 5.75 Å². The maximum absolute atomic E-state index is 13.1. The summed E-state index contributed by atoms with van der Waals surface area (Å²) in [4.78, 5) is 18.0. The van der Waals surface area contributed by atoms with E-state index in [4.69, 9.17) is 4.74 Å². The highest BCUT2D eigenvalue weighted by molar-refractivity contribution is 7.89. The number of carbonyl (C=O) groups excluding carboxylic acids is 1. The van der Waals surface area contributed by atoms with Gasteiger partial charge in [-0.1, -0.05) is 31.3 Å². The predicted octanol–water partition coefficient (Wildman–Crippen LogP) is 4.31. The number of rotatable bonds is 6. The quantitative estimate of drug-likeness (QED) is 0.474. The largest absolute Gasteiger partial charge is 0.497 e. The van der Waals surface area contributed by atoms with E-state index in [1.807, 2.05) is 22.8 Å². The van der Waals surface area contributed by atoms with E-state index in [0.29, 0.717) is 41.8 Å². The molecule has 1 amide bonds. The molecule has 180 valence electrons. The van der Waals surface area contributed by atoms with Crippen LogP contribution in [0.5, 0.6) is 5.75 Å². The van der Waals surface area contributed by atoms with Gasteiger partial charge in [-0.05, 0) is 60.7 Å². The van der Waals surface area contributed by atoms with Crippen molar-refractivity contribution in [3.05, 3.63) is 65.5 Å². The molecule has 7 nitrogen and oxygen atoms in total. The van der Waals surface area contributed by atoms with Crippen molar-refractivity contribution in [1.82, 2.24) is 8.87 Å². The van der Waals surface area contributed by atoms with Crippen molar-refractivity contribution >= 4 is 37.5 Å². The Bertz CT molecular complexity index is 1380. The first-order valence-electron chi connectivity index (χ1n) is 11.2. The zero-order valence-electron chi connectivity index (χ0n) is 19.6. The molecule has 1 aliphatic heterocycles. The summed E-state index contributed by atoms with van der Waals surface area (Å²) >= 11 is 1.39. The molecule has 9 heteroatoms. The Hall–Kier alpha value is -2.75. The number of fused-ring (bicyclic) bond motifs is 1. The number of carbonyl (C=O) groups is 1. The van der Waals surface area contributed by atoms with Crippen molar-refractivity contribution in [2.45, 2.75) is 31.7 Å². The number of ether oxygens (including phenoxy) is 1. The monoisotopic (exact) mass is 499 g/mol. The Morgan fingerprint density at radius 2 is 1.85 bits per heavy atom. The number of amides is 1. The molecular formula is C25H29N3O4S2. The maximum Gasteiger partial charge on any atom is 0.279 e. The van der Waals surface area contributed by atoms with Crippen molar-refractivity contribution in [3.8, 4) is 5.75 Å². The van der Waals surface area contributed by atoms with Gasteiger partial charge >= 0.3 is 0 Å². The lowest BCUT2D eigenvalue weighted by Crippen LogP contribution is -2.42. The van der Waals surface area contributed by atoms with Gasteiger partial charge < -0.3 is 9.30 Å². The molecule has 34 heavy (non-hydrogen) atoms. The van der Waals surface area contributed by atoms with E-state index in [9.17, 15) is 13.2 Å². The minimum atomic E-state index is -3.60. The number of nitrogens with zero attached hydrogens (tertiary/aromatic N) is 3. The second-order valence-corrected chi connectivity index (χ2v) is 11.8. The molecule has 2 heterocycles. The molecule has 0 N–H and O–H groups in total. The van der Waals surface area contributed by atoms with Crippen LogP contribution in [0.25, 0.3) is 10.2 Å². The van der Waals surface area contributed by atoms with Crippen LogP contribution in [0.4, 0.5) is 0 Å². The van der Waals surface area contributed by atoms with E-state index >= 15 is 0 Å². The highest BCUT2D eigenvalue weighted by Crippen LogP contribution is 2.27. The van der Waals surface area contributed by atoms with E-state index in [1.165, 1.54) is 35.6 Å². The average molecular weight is 500 g/mol. The van der Waals surface area contributed by atoms with Crippen molar-refractivity contribution < 1.29 is 17.9 Å². The molecule has 1 saturated heterocycles. The smallest absolute Gasteiger partial charge is 0.279 e. The minimum Gasteiger partial charge on any atom is -0.497 e. The molecule has 0 spiro atoms. The van der Waals surface area contributed by atoms with Crippen LogP contribution in [0.15, 0.2) is 65.0 Å². The first kappa shape index (κ1) is 24.4. The van der Waals surface area contributed by atoms with Gasteiger partial charge in [-0.2, -0.15) is 9.30 Å². The van der Waals surface area contributed by atoms with Gasteiger partial charge in [0.05, 0.1) is 22.2 Å². The average Bonchev–Trinajstić information content (AvgIpc) is 3.14. The predicted molar refractivity (Wildman–Crippen MR) is 135 cm³/mol. The normalized spacial score (nSPS) is 19.9. The Labute approximate surface area is 204 Å². The summed E-state index contributed by atoms with van der Waals surface area (Å²) in [5.41, 5.74) is 1.27. The second-order valence-electron chi connectivity index (χ2n) is 8.83. The van der Waals surface area contributed by atoms with E-state index in [-0.39, 0.29) is 4.90 Å². The van der Waals surface area contributed by atoms with Crippen LogP contribution in [0.3, 0.4) is 0 Å². The molecule has 0 radical (unpaired) electrons. The third-order valence-corrected chi connectivity index (χ3v) is 8.86. The van der Waals surface area contributed by atoms with E-state index in [1.54, 1.807) is 17.5 Å². The van der Waals surface area contributed by atoms with E-state index < -0.39 is 15.9 Å². The van der Waals surface area contributed by atoms with Gasteiger partial charge in [0, 0.05) is 25.2 Å². The van der Waals surface area contributed by atoms with Gasteiger partial charge in [-0.3, -0.25) is 4.79 Å². The van der Waals surface area contributed by atoms with E-state index in [0.717, 1.165) is 22.4 Å². The number of hydrogen-bond donors (Lipinski definition) is 0. The van der Waals surface area contributed by atoms with Crippen molar-refractivity contribution in [3.63, 3.8) is 0 Å². The molecule has 4 rings (SSSR count). The van der Waals surface area contributed by atoms with Crippen molar-refractivity contribution in [2.75, 3.05) is 20.2 Å². The summed E-state index contributed by atoms with van der Waals surface area (Å²) in [5.74, 6) is 0.940. The zero-order chi connectivity index (χ0) is 24.5. The lowest BCUT2D eigenvalue weighted by Gasteiger charge is -2.34. The number of thiazole rings is 1. The van der Waals surface area contributed by atoms with E-state index in [2.05, 4.69) is 25.4 Å². The Morgan fingerprint density at radius 1 is 1.18 bits per heavy atom. The summed E-state index contributed by atoms with van der Waals surface area (Å²) in [6, 6.07) is 11.8. The Balaban J connectivity index is 1.64. The van der Waals surface area contributed by atoms with Crippen LogP contribution in [0.2, 0.25) is 0 Å². The number of benzene rings is 2. The summed E-state index contributed by atoms with van der Waals surface area (Å²) in [5, 5.41) is 0. The highest BCUT2D eigenvalue weighted by atomic mass is 32.2. The highest BCUT2D eigenvalue weighted by Gasteiger charge is 2.31. The van der Waals surface area contributed by atoms with Crippen molar-refractivity contribution in [2.24, 2.45) is 16.8 Å². The SMILES string of the molecule is C=CCn1c(=NC(=O)c2ccc(S(=O)(=O)N3CC(C)CC(C)C3)cc2)sc2cc(OC)ccc21. The number of piperidine rings is 1. The molecule has 2 aromatic carbocycles. The fourth-order valence-corrected chi connectivity index (χ4v) is 7.19. The fraction of sp³-hybridized carbons (Fsp3) is 0.360. The minimum absolute atomic E-state index is 0.195. The summed E-state index contributed by atoms with van der Waals surface area (Å²) in [7, 11) is -1.99. The molecule has 0 aliphatic carbocycles. The van der Waals surface area contributed by atoms with Crippen LogP contribution in [0.1, 0.15) is 30.6 Å². The summed E-state index contributed by atoms with van der Waals surface area (Å²) < 4.78 is 35.9. The van der Waals surface area contributed by atoms with Crippen molar-refractivity contribution in [1.29, 1.82) is 0 Å². The number of hydrogen-bond acceptors (Lipinski definition) is 5. The molecule has 2 atom stereocenters. The fourth-order valence-electron chi connectivity index (χ4n) is 4.44. The summed E-state index contributed by atoms with van der Waals surface area (Å²) in [6.07, 6.45) is 2.78. The Morgan fingerprint density at radius 3 is 2.47 bits per heavy atom. The van der Waals surface area contributed by atoms with Crippen LogP contribution in [0, 0.1) is 11.8 Å². The summed E-state index contributed by atoms with van der Waals surface area (Å²) in [6.45, 7) is 9.49. The van der Waals surface area contributed by atoms with Gasteiger partial charge in [-0.15, -0.1) is 6.58 Å². The van der Waals surface area contributed by atoms with Crippen LogP contribution < -0.4 is 9.54 Å². The molecule has 3 aromatic rings. The first-order valence-corrected chi connectivity index (χ1v) is 13.5. The lowest BCUT2D eigenvalue weighted by atomic mass is 9.94.